The Balaban J connectivity index is 1.95. The van der Waals surface area contributed by atoms with E-state index in [0.717, 1.165) is 4.90 Å². The van der Waals surface area contributed by atoms with Crippen molar-refractivity contribution < 1.29 is 42.8 Å². The van der Waals surface area contributed by atoms with Crippen LogP contribution in [0.4, 0.5) is 4.79 Å². The van der Waals surface area contributed by atoms with Crippen LogP contribution in [0.3, 0.4) is 0 Å². The van der Waals surface area contributed by atoms with Gasteiger partial charge in [0, 0.05) is 0 Å². The molecule has 35 heavy (non-hydrogen) atoms. The summed E-state index contributed by atoms with van der Waals surface area (Å²) >= 11 is 0. The summed E-state index contributed by atoms with van der Waals surface area (Å²) in [6.07, 6.45) is -3.60. The van der Waals surface area contributed by atoms with E-state index in [1.165, 1.54) is 0 Å². The van der Waals surface area contributed by atoms with Gasteiger partial charge in [0.15, 0.2) is 19.9 Å². The van der Waals surface area contributed by atoms with Gasteiger partial charge >= 0.3 is 6.09 Å². The number of hydrogen-bond acceptors (Lipinski definition) is 9. The summed E-state index contributed by atoms with van der Waals surface area (Å²) in [5.74, 6) is -3.09. The zero-order valence-electron chi connectivity index (χ0n) is 22.7. The first kappa shape index (κ1) is 28.5. The number of aliphatic hydroxyl groups is 1. The predicted molar refractivity (Wildman–Crippen MR) is 129 cm³/mol. The van der Waals surface area contributed by atoms with E-state index in [-0.39, 0.29) is 19.6 Å². The van der Waals surface area contributed by atoms with E-state index < -0.39 is 73.9 Å². The molecule has 11 heteroatoms. The number of nitrogens with zero attached hydrogens (tertiary/aromatic N) is 1. The molecule has 2 amide bonds. The molecular formula is C24H43NO9Si. The Hall–Kier alpha value is -1.08. The fourth-order valence-electron chi connectivity index (χ4n) is 4.74. The van der Waals surface area contributed by atoms with Crippen molar-refractivity contribution >= 4 is 20.3 Å². The number of likely N-dealkylation sites (tertiary alicyclic amines) is 1. The maximum Gasteiger partial charge on any atom is 0.417 e. The molecule has 10 nitrogen and oxygen atoms in total. The second-order valence-corrected chi connectivity index (χ2v) is 17.0. The van der Waals surface area contributed by atoms with Crippen molar-refractivity contribution in [1.82, 2.24) is 4.90 Å². The first-order valence-electron chi connectivity index (χ1n) is 12.3. The summed E-state index contributed by atoms with van der Waals surface area (Å²) in [4.78, 5) is 28.1. The second kappa shape index (κ2) is 9.66. The standard InChI is InChI=1S/C24H43NO9Si/c1-22(2,3)33-21(28)25-15(19(34-35(8,9)10)17-13-30-24(6,7)32-17)11-14(20(25)27)18(26)16-12-29-23(4,5)31-16/h14-19,26H,11-13H2,1-10H3/t14-,15+,16+,17+,18+,19-/m1/s1. The fraction of sp³-hybridized carbons (Fsp3) is 0.917. The molecule has 0 bridgehead atoms. The van der Waals surface area contributed by atoms with E-state index in [9.17, 15) is 14.7 Å². The lowest BCUT2D eigenvalue weighted by Crippen LogP contribution is -2.55. The number of amides is 2. The summed E-state index contributed by atoms with van der Waals surface area (Å²) < 4.78 is 35.5. The molecule has 0 aliphatic carbocycles. The predicted octanol–water partition coefficient (Wildman–Crippen LogP) is 3.02. The minimum Gasteiger partial charge on any atom is -0.443 e. The highest BCUT2D eigenvalue weighted by molar-refractivity contribution is 6.69. The summed E-state index contributed by atoms with van der Waals surface area (Å²) in [7, 11) is -2.16. The monoisotopic (exact) mass is 517 g/mol. The zero-order chi connectivity index (χ0) is 26.6. The Morgan fingerprint density at radius 1 is 1.06 bits per heavy atom. The van der Waals surface area contributed by atoms with Gasteiger partial charge in [0.2, 0.25) is 5.91 Å². The molecule has 0 saturated carbocycles. The highest BCUT2D eigenvalue weighted by Gasteiger charge is 2.56. The molecule has 0 aromatic carbocycles. The lowest BCUT2D eigenvalue weighted by atomic mass is 9.92. The molecule has 3 aliphatic rings. The maximum atomic E-state index is 13.7. The minimum atomic E-state index is -2.16. The Labute approximate surface area is 209 Å². The van der Waals surface area contributed by atoms with Crippen molar-refractivity contribution in [2.24, 2.45) is 5.92 Å². The van der Waals surface area contributed by atoms with E-state index in [1.807, 2.05) is 33.5 Å². The fourth-order valence-corrected chi connectivity index (χ4v) is 5.87. The number of hydrogen-bond donors (Lipinski definition) is 1. The average molecular weight is 518 g/mol. The van der Waals surface area contributed by atoms with Gasteiger partial charge in [-0.3, -0.25) is 4.79 Å². The van der Waals surface area contributed by atoms with E-state index in [4.69, 9.17) is 28.1 Å². The lowest BCUT2D eigenvalue weighted by Gasteiger charge is -2.37. The SMILES string of the molecule is CC(C)(C)OC(=O)N1C(=O)[C@@H]([C@H](O)[C@@H]2COC(C)(C)O2)C[C@H]1[C@@H](O[Si](C)(C)C)[C@@H]1COC(C)(C)O1. The number of rotatable bonds is 6. The quantitative estimate of drug-likeness (QED) is 0.531. The largest absolute Gasteiger partial charge is 0.443 e. The third-order valence-electron chi connectivity index (χ3n) is 6.06. The Kier molecular flexibility index (Phi) is 7.86. The molecule has 202 valence electrons. The molecule has 1 N–H and O–H groups in total. The number of aliphatic hydroxyl groups excluding tert-OH is 1. The van der Waals surface area contributed by atoms with Crippen LogP contribution in [-0.4, -0.2) is 91.2 Å². The normalized spacial score (nSPS) is 32.7. The van der Waals surface area contributed by atoms with Gasteiger partial charge in [0.25, 0.3) is 0 Å². The van der Waals surface area contributed by atoms with Crippen LogP contribution >= 0.6 is 0 Å². The van der Waals surface area contributed by atoms with Crippen molar-refractivity contribution in [2.75, 3.05) is 13.2 Å². The van der Waals surface area contributed by atoms with Gasteiger partial charge in [-0.15, -0.1) is 0 Å². The molecule has 3 saturated heterocycles. The summed E-state index contributed by atoms with van der Waals surface area (Å²) in [5, 5.41) is 11.2. The third kappa shape index (κ3) is 7.03. The van der Waals surface area contributed by atoms with Crippen LogP contribution in [0, 0.1) is 5.92 Å². The van der Waals surface area contributed by atoms with Gasteiger partial charge in [0.05, 0.1) is 37.4 Å². The van der Waals surface area contributed by atoms with Gasteiger partial charge in [-0.1, -0.05) is 0 Å². The van der Waals surface area contributed by atoms with Gasteiger partial charge < -0.3 is 33.2 Å². The average Bonchev–Trinajstić information content (AvgIpc) is 3.31. The maximum absolute atomic E-state index is 13.7. The highest BCUT2D eigenvalue weighted by Crippen LogP contribution is 2.39. The molecule has 3 aliphatic heterocycles. The van der Waals surface area contributed by atoms with Crippen molar-refractivity contribution in [1.29, 1.82) is 0 Å². The molecular weight excluding hydrogens is 474 g/mol. The van der Waals surface area contributed by atoms with Gasteiger partial charge in [-0.05, 0) is 74.5 Å². The van der Waals surface area contributed by atoms with Crippen LogP contribution in [0.1, 0.15) is 54.9 Å². The Bertz CT molecular complexity index is 804. The van der Waals surface area contributed by atoms with Crippen LogP contribution in [0.15, 0.2) is 0 Å². The number of ether oxygens (including phenoxy) is 5. The Morgan fingerprint density at radius 2 is 1.57 bits per heavy atom. The van der Waals surface area contributed by atoms with E-state index in [1.54, 1.807) is 34.6 Å². The van der Waals surface area contributed by atoms with Gasteiger partial charge in [-0.25, -0.2) is 9.69 Å². The topological polar surface area (TPSA) is 113 Å². The second-order valence-electron chi connectivity index (χ2n) is 12.5. The molecule has 0 unspecified atom stereocenters. The first-order valence-corrected chi connectivity index (χ1v) is 15.7. The summed E-state index contributed by atoms with van der Waals surface area (Å²) in [6, 6.07) is -0.707. The molecule has 0 aromatic heterocycles. The lowest BCUT2D eigenvalue weighted by molar-refractivity contribution is -0.159. The molecule has 0 aromatic rings. The molecule has 0 radical (unpaired) electrons. The van der Waals surface area contributed by atoms with Gasteiger partial charge in [-0.2, -0.15) is 0 Å². The molecule has 0 spiro atoms. The third-order valence-corrected chi connectivity index (χ3v) is 7.04. The van der Waals surface area contributed by atoms with Crippen LogP contribution in [-0.2, 0) is 32.9 Å². The van der Waals surface area contributed by atoms with E-state index >= 15 is 0 Å². The van der Waals surface area contributed by atoms with Crippen molar-refractivity contribution in [3.8, 4) is 0 Å². The Morgan fingerprint density at radius 3 is 2.00 bits per heavy atom. The van der Waals surface area contributed by atoms with Crippen LogP contribution in [0.2, 0.25) is 19.6 Å². The first-order chi connectivity index (χ1) is 15.8. The number of carbonyl (C=O) groups excluding carboxylic acids is 2. The number of carbonyl (C=O) groups is 2. The zero-order valence-corrected chi connectivity index (χ0v) is 23.7. The van der Waals surface area contributed by atoms with Crippen molar-refractivity contribution in [2.45, 2.75) is 122 Å². The molecule has 3 fully saturated rings. The molecule has 6 atom stereocenters. The van der Waals surface area contributed by atoms with Crippen LogP contribution < -0.4 is 0 Å². The number of imide groups is 1. The van der Waals surface area contributed by atoms with Gasteiger partial charge in [0.1, 0.15) is 17.8 Å². The minimum absolute atomic E-state index is 0.150. The van der Waals surface area contributed by atoms with E-state index in [2.05, 4.69) is 0 Å². The van der Waals surface area contributed by atoms with Crippen molar-refractivity contribution in [3.63, 3.8) is 0 Å². The van der Waals surface area contributed by atoms with Crippen LogP contribution in [0.5, 0.6) is 0 Å². The van der Waals surface area contributed by atoms with E-state index in [0.29, 0.717) is 0 Å². The highest BCUT2D eigenvalue weighted by atomic mass is 28.4. The molecule has 3 heterocycles. The summed E-state index contributed by atoms with van der Waals surface area (Å²) in [5.41, 5.74) is -0.810. The molecule has 3 rings (SSSR count). The smallest absolute Gasteiger partial charge is 0.417 e. The van der Waals surface area contributed by atoms with Crippen LogP contribution in [0.25, 0.3) is 0 Å². The van der Waals surface area contributed by atoms with Crippen molar-refractivity contribution in [3.05, 3.63) is 0 Å². The summed E-state index contributed by atoms with van der Waals surface area (Å²) in [6.45, 7) is 18.9.